The molecule has 0 bridgehead atoms. The van der Waals surface area contributed by atoms with Crippen molar-refractivity contribution in [2.75, 3.05) is 13.2 Å². The molecule has 0 aliphatic heterocycles. The molecule has 1 amide bonds. The number of hydrogen-bond acceptors (Lipinski definition) is 4. The fraction of sp³-hybridized carbons (Fsp3) is 0.467. The smallest absolute Gasteiger partial charge is 0.258 e. The Bertz CT molecular complexity index is 477. The van der Waals surface area contributed by atoms with Crippen molar-refractivity contribution in [3.8, 4) is 11.5 Å². The van der Waals surface area contributed by atoms with Gasteiger partial charge in [-0.2, -0.15) is 0 Å². The molecule has 0 unspecified atom stereocenters. The Hall–Kier alpha value is -2.04. The lowest BCUT2D eigenvalue weighted by Gasteiger charge is -2.21. The van der Waals surface area contributed by atoms with E-state index in [-0.39, 0.29) is 18.1 Å². The summed E-state index contributed by atoms with van der Waals surface area (Å²) in [5.74, 6) is 0.509. The van der Waals surface area contributed by atoms with Crippen molar-refractivity contribution in [2.45, 2.75) is 33.2 Å². The fourth-order valence-electron chi connectivity index (χ4n) is 1.64. The zero-order valence-electron chi connectivity index (χ0n) is 12.4. The maximum atomic E-state index is 11.7. The number of ether oxygens (including phenoxy) is 2. The van der Waals surface area contributed by atoms with Crippen molar-refractivity contribution in [3.63, 3.8) is 0 Å². The zero-order chi connectivity index (χ0) is 15.2. The van der Waals surface area contributed by atoms with Crippen molar-refractivity contribution >= 4 is 12.2 Å². The minimum atomic E-state index is -0.326. The van der Waals surface area contributed by atoms with Crippen LogP contribution in [0.5, 0.6) is 11.5 Å². The van der Waals surface area contributed by atoms with Gasteiger partial charge < -0.3 is 14.8 Å². The van der Waals surface area contributed by atoms with Crippen LogP contribution in [0.1, 0.15) is 38.1 Å². The number of benzene rings is 1. The quantitative estimate of drug-likeness (QED) is 0.811. The molecule has 1 rings (SSSR count). The van der Waals surface area contributed by atoms with Gasteiger partial charge in [0.25, 0.3) is 5.91 Å². The highest BCUT2D eigenvalue weighted by atomic mass is 16.5. The van der Waals surface area contributed by atoms with Crippen LogP contribution in [-0.4, -0.2) is 30.9 Å². The molecular weight excluding hydrogens is 258 g/mol. The van der Waals surface area contributed by atoms with Gasteiger partial charge in [-0.25, -0.2) is 0 Å². The lowest BCUT2D eigenvalue weighted by Crippen LogP contribution is -2.43. The molecule has 0 aliphatic carbocycles. The summed E-state index contributed by atoms with van der Waals surface area (Å²) in [5, 5.41) is 2.79. The first kappa shape index (κ1) is 16.0. The van der Waals surface area contributed by atoms with Crippen LogP contribution in [0.2, 0.25) is 0 Å². The van der Waals surface area contributed by atoms with E-state index in [0.29, 0.717) is 30.0 Å². The number of carbonyl (C=O) groups is 2. The topological polar surface area (TPSA) is 64.6 Å². The second-order valence-corrected chi connectivity index (χ2v) is 5.31. The third kappa shape index (κ3) is 4.91. The Morgan fingerprint density at radius 3 is 2.55 bits per heavy atom. The summed E-state index contributed by atoms with van der Waals surface area (Å²) in [6.45, 7) is 7.78. The van der Waals surface area contributed by atoms with Gasteiger partial charge in [0.05, 0.1) is 12.2 Å². The molecule has 1 aromatic carbocycles. The summed E-state index contributed by atoms with van der Waals surface area (Å²) in [4.78, 5) is 22.8. The average molecular weight is 279 g/mol. The normalized spacial score (nSPS) is 10.8. The van der Waals surface area contributed by atoms with Gasteiger partial charge in [0, 0.05) is 5.54 Å². The van der Waals surface area contributed by atoms with E-state index in [1.807, 2.05) is 27.7 Å². The standard InChI is InChI=1S/C15H21NO4/c1-5-19-12-8-6-7-11(9-17)14(12)20-10-13(18)16-15(2,3)4/h6-9H,5,10H2,1-4H3,(H,16,18). The highest BCUT2D eigenvalue weighted by Crippen LogP contribution is 2.30. The molecule has 0 fully saturated rings. The van der Waals surface area contributed by atoms with Crippen LogP contribution >= 0.6 is 0 Å². The summed E-state index contributed by atoms with van der Waals surface area (Å²) < 4.78 is 10.8. The molecule has 5 heteroatoms. The fourth-order valence-corrected chi connectivity index (χ4v) is 1.64. The Balaban J connectivity index is 2.80. The molecule has 1 aromatic rings. The first-order valence-corrected chi connectivity index (χ1v) is 6.52. The van der Waals surface area contributed by atoms with Crippen molar-refractivity contribution in [2.24, 2.45) is 0 Å². The zero-order valence-corrected chi connectivity index (χ0v) is 12.4. The Morgan fingerprint density at radius 2 is 2.00 bits per heavy atom. The van der Waals surface area contributed by atoms with Crippen molar-refractivity contribution < 1.29 is 19.1 Å². The van der Waals surface area contributed by atoms with Gasteiger partial charge in [-0.3, -0.25) is 9.59 Å². The first-order valence-electron chi connectivity index (χ1n) is 6.52. The lowest BCUT2D eigenvalue weighted by atomic mass is 10.1. The molecular formula is C15H21NO4. The highest BCUT2D eigenvalue weighted by molar-refractivity contribution is 5.82. The minimum Gasteiger partial charge on any atom is -0.490 e. The Labute approximate surface area is 119 Å². The summed E-state index contributed by atoms with van der Waals surface area (Å²) in [6.07, 6.45) is 0.680. The van der Waals surface area contributed by atoms with E-state index in [0.717, 1.165) is 0 Å². The summed E-state index contributed by atoms with van der Waals surface area (Å²) in [5.41, 5.74) is 0.0346. The molecule has 1 N–H and O–H groups in total. The van der Waals surface area contributed by atoms with Crippen LogP contribution in [0.15, 0.2) is 18.2 Å². The molecule has 0 saturated heterocycles. The lowest BCUT2D eigenvalue weighted by molar-refractivity contribution is -0.124. The first-order chi connectivity index (χ1) is 9.37. The van der Waals surface area contributed by atoms with E-state index in [9.17, 15) is 9.59 Å². The predicted molar refractivity (Wildman–Crippen MR) is 76.4 cm³/mol. The summed E-state index contributed by atoms with van der Waals surface area (Å²) in [7, 11) is 0. The summed E-state index contributed by atoms with van der Waals surface area (Å²) >= 11 is 0. The van der Waals surface area contributed by atoms with Crippen molar-refractivity contribution in [1.82, 2.24) is 5.32 Å². The third-order valence-electron chi connectivity index (χ3n) is 2.30. The number of amides is 1. The Morgan fingerprint density at radius 1 is 1.30 bits per heavy atom. The van der Waals surface area contributed by atoms with Crippen molar-refractivity contribution in [3.05, 3.63) is 23.8 Å². The number of hydrogen-bond donors (Lipinski definition) is 1. The molecule has 0 heterocycles. The number of aldehydes is 1. The van der Waals surface area contributed by atoms with Crippen LogP contribution in [0.25, 0.3) is 0 Å². The van der Waals surface area contributed by atoms with Crippen LogP contribution in [-0.2, 0) is 4.79 Å². The predicted octanol–water partition coefficient (Wildman–Crippen LogP) is 2.19. The summed E-state index contributed by atoms with van der Waals surface area (Å²) in [6, 6.07) is 5.02. The molecule has 110 valence electrons. The number of para-hydroxylation sites is 1. The molecule has 5 nitrogen and oxygen atoms in total. The maximum absolute atomic E-state index is 11.7. The highest BCUT2D eigenvalue weighted by Gasteiger charge is 2.16. The molecule has 0 aliphatic rings. The third-order valence-corrected chi connectivity index (χ3v) is 2.30. The van der Waals surface area contributed by atoms with E-state index >= 15 is 0 Å². The average Bonchev–Trinajstić information content (AvgIpc) is 2.35. The number of nitrogens with one attached hydrogen (secondary N) is 1. The van der Waals surface area contributed by atoms with E-state index in [4.69, 9.17) is 9.47 Å². The van der Waals surface area contributed by atoms with Gasteiger partial charge >= 0.3 is 0 Å². The van der Waals surface area contributed by atoms with Gasteiger partial charge in [0.2, 0.25) is 0 Å². The van der Waals surface area contributed by atoms with E-state index < -0.39 is 0 Å². The largest absolute Gasteiger partial charge is 0.490 e. The van der Waals surface area contributed by atoms with E-state index in [2.05, 4.69) is 5.32 Å². The van der Waals surface area contributed by atoms with Crippen LogP contribution in [0, 0.1) is 0 Å². The second kappa shape index (κ2) is 6.93. The van der Waals surface area contributed by atoms with Gasteiger partial charge in [-0.05, 0) is 39.8 Å². The molecule has 0 spiro atoms. The molecule has 0 radical (unpaired) electrons. The maximum Gasteiger partial charge on any atom is 0.258 e. The second-order valence-electron chi connectivity index (χ2n) is 5.31. The van der Waals surface area contributed by atoms with Gasteiger partial charge in [-0.15, -0.1) is 0 Å². The van der Waals surface area contributed by atoms with E-state index in [1.165, 1.54) is 0 Å². The molecule has 0 saturated carbocycles. The monoisotopic (exact) mass is 279 g/mol. The molecule has 0 atom stereocenters. The Kier molecular flexibility index (Phi) is 5.55. The SMILES string of the molecule is CCOc1cccc(C=O)c1OCC(=O)NC(C)(C)C. The molecule has 20 heavy (non-hydrogen) atoms. The van der Waals surface area contributed by atoms with E-state index in [1.54, 1.807) is 18.2 Å². The van der Waals surface area contributed by atoms with Gasteiger partial charge in [0.15, 0.2) is 24.4 Å². The minimum absolute atomic E-state index is 0.164. The molecule has 0 aromatic heterocycles. The van der Waals surface area contributed by atoms with Crippen molar-refractivity contribution in [1.29, 1.82) is 0 Å². The number of carbonyl (C=O) groups excluding carboxylic acids is 2. The van der Waals surface area contributed by atoms with Crippen LogP contribution < -0.4 is 14.8 Å². The van der Waals surface area contributed by atoms with Gasteiger partial charge in [-0.1, -0.05) is 6.07 Å². The van der Waals surface area contributed by atoms with Crippen LogP contribution in [0.4, 0.5) is 0 Å². The number of rotatable bonds is 6. The van der Waals surface area contributed by atoms with Gasteiger partial charge in [0.1, 0.15) is 0 Å². The van der Waals surface area contributed by atoms with Crippen LogP contribution in [0.3, 0.4) is 0 Å².